The van der Waals surface area contributed by atoms with Crippen molar-refractivity contribution in [3.63, 3.8) is 0 Å². The van der Waals surface area contributed by atoms with E-state index < -0.39 is 27.5 Å². The van der Waals surface area contributed by atoms with Crippen LogP contribution in [0.25, 0.3) is 0 Å². The number of nitrogens with zero attached hydrogens (tertiary/aromatic N) is 1. The molecule has 0 saturated heterocycles. The second-order valence-corrected chi connectivity index (χ2v) is 7.32. The molecule has 0 aromatic carbocycles. The number of hydrogen-bond acceptors (Lipinski definition) is 6. The minimum atomic E-state index is -3.83. The van der Waals surface area contributed by atoms with E-state index in [4.69, 9.17) is 5.84 Å². The summed E-state index contributed by atoms with van der Waals surface area (Å²) in [6, 6.07) is 1.87. The summed E-state index contributed by atoms with van der Waals surface area (Å²) in [5.74, 6) is 5.09. The Morgan fingerprint density at radius 1 is 1.33 bits per heavy atom. The van der Waals surface area contributed by atoms with E-state index in [1.165, 1.54) is 19.1 Å². The van der Waals surface area contributed by atoms with Crippen molar-refractivity contribution < 1.29 is 13.2 Å². The smallest absolute Gasteiger partial charge is 0.242 e. The summed E-state index contributed by atoms with van der Waals surface area (Å²) in [5, 5.41) is 2.70. The van der Waals surface area contributed by atoms with E-state index in [0.29, 0.717) is 5.82 Å². The Balaban J connectivity index is 2.81. The lowest BCUT2D eigenvalue weighted by molar-refractivity contribution is -0.123. The predicted octanol–water partition coefficient (Wildman–Crippen LogP) is -0.0513. The number of nitrogens with one attached hydrogen (secondary N) is 3. The highest BCUT2D eigenvalue weighted by atomic mass is 32.2. The maximum absolute atomic E-state index is 12.1. The average molecular weight is 315 g/mol. The molecule has 118 valence electrons. The molecule has 5 N–H and O–H groups in total. The van der Waals surface area contributed by atoms with E-state index in [-0.39, 0.29) is 4.90 Å². The molecule has 0 aliphatic carbocycles. The molecule has 0 radical (unpaired) electrons. The van der Waals surface area contributed by atoms with Crippen LogP contribution in [-0.2, 0) is 14.8 Å². The molecule has 8 nitrogen and oxygen atoms in total. The van der Waals surface area contributed by atoms with Gasteiger partial charge in [-0.1, -0.05) is 0 Å². The Morgan fingerprint density at radius 2 is 1.95 bits per heavy atom. The predicted molar refractivity (Wildman–Crippen MR) is 79.7 cm³/mol. The van der Waals surface area contributed by atoms with E-state index in [1.54, 1.807) is 0 Å². The molecule has 1 amide bonds. The van der Waals surface area contributed by atoms with Gasteiger partial charge in [0.25, 0.3) is 0 Å². The third kappa shape index (κ3) is 5.29. The van der Waals surface area contributed by atoms with Gasteiger partial charge in [0.1, 0.15) is 10.7 Å². The van der Waals surface area contributed by atoms with Gasteiger partial charge in [-0.05, 0) is 39.8 Å². The zero-order valence-corrected chi connectivity index (χ0v) is 13.3. The molecule has 1 atom stereocenters. The Morgan fingerprint density at radius 3 is 2.38 bits per heavy atom. The Hall–Kier alpha value is -1.71. The molecule has 1 unspecified atom stereocenters. The molecule has 1 heterocycles. The molecule has 0 fully saturated rings. The summed E-state index contributed by atoms with van der Waals surface area (Å²) < 4.78 is 26.6. The lowest BCUT2D eigenvalue weighted by Gasteiger charge is -2.23. The van der Waals surface area contributed by atoms with Crippen molar-refractivity contribution in [2.24, 2.45) is 5.84 Å². The topological polar surface area (TPSA) is 126 Å². The molecule has 1 aromatic rings. The van der Waals surface area contributed by atoms with Gasteiger partial charge in [0.2, 0.25) is 15.9 Å². The van der Waals surface area contributed by atoms with Gasteiger partial charge in [-0.25, -0.2) is 19.2 Å². The summed E-state index contributed by atoms with van der Waals surface area (Å²) in [7, 11) is -3.83. The quantitative estimate of drug-likeness (QED) is 0.446. The van der Waals surface area contributed by atoms with E-state index in [1.807, 2.05) is 20.8 Å². The molecule has 0 saturated carbocycles. The number of pyridine rings is 1. The van der Waals surface area contributed by atoms with Crippen LogP contribution in [0.4, 0.5) is 5.82 Å². The molecule has 0 aliphatic rings. The summed E-state index contributed by atoms with van der Waals surface area (Å²) in [6.45, 7) is 6.92. The number of hydrazine groups is 1. The maximum Gasteiger partial charge on any atom is 0.242 e. The van der Waals surface area contributed by atoms with E-state index in [0.717, 1.165) is 6.20 Å². The highest BCUT2D eigenvalue weighted by molar-refractivity contribution is 7.89. The van der Waals surface area contributed by atoms with Gasteiger partial charge in [0.05, 0.1) is 6.04 Å². The van der Waals surface area contributed by atoms with Crippen LogP contribution in [0.3, 0.4) is 0 Å². The fourth-order valence-corrected chi connectivity index (χ4v) is 2.60. The number of carbonyl (C=O) groups excluding carboxylic acids is 1. The first-order valence-corrected chi connectivity index (χ1v) is 7.80. The number of amides is 1. The molecular weight excluding hydrogens is 294 g/mol. The highest BCUT2D eigenvalue weighted by Crippen LogP contribution is 2.10. The fourth-order valence-electron chi connectivity index (χ4n) is 1.46. The van der Waals surface area contributed by atoms with Crippen molar-refractivity contribution in [3.8, 4) is 0 Å². The van der Waals surface area contributed by atoms with Gasteiger partial charge in [-0.2, -0.15) is 4.72 Å². The molecular formula is C12H21N5O3S. The van der Waals surface area contributed by atoms with E-state index >= 15 is 0 Å². The van der Waals surface area contributed by atoms with E-state index in [9.17, 15) is 13.2 Å². The van der Waals surface area contributed by atoms with Crippen molar-refractivity contribution in [1.29, 1.82) is 0 Å². The maximum atomic E-state index is 12.1. The first-order chi connectivity index (χ1) is 9.55. The standard InChI is InChI=1S/C12H21N5O3S/c1-8(11(18)15-12(2,3)4)17-21(19,20)9-5-6-10(16-13)14-7-9/h5-8,17H,13H2,1-4H3,(H,14,16)(H,15,18). The zero-order valence-electron chi connectivity index (χ0n) is 12.5. The van der Waals surface area contributed by atoms with Crippen LogP contribution in [-0.4, -0.2) is 30.9 Å². The van der Waals surface area contributed by atoms with Gasteiger partial charge in [-0.3, -0.25) is 4.79 Å². The van der Waals surface area contributed by atoms with Crippen molar-refractivity contribution in [2.75, 3.05) is 5.43 Å². The molecule has 0 spiro atoms. The minimum absolute atomic E-state index is 0.0445. The summed E-state index contributed by atoms with van der Waals surface area (Å²) >= 11 is 0. The van der Waals surface area contributed by atoms with Gasteiger partial charge >= 0.3 is 0 Å². The van der Waals surface area contributed by atoms with Crippen LogP contribution < -0.4 is 21.3 Å². The van der Waals surface area contributed by atoms with Crippen molar-refractivity contribution in [2.45, 2.75) is 44.2 Å². The Bertz CT molecular complexity index is 592. The zero-order chi connectivity index (χ0) is 16.3. The molecule has 0 bridgehead atoms. The van der Waals surface area contributed by atoms with Gasteiger partial charge in [-0.15, -0.1) is 0 Å². The highest BCUT2D eigenvalue weighted by Gasteiger charge is 2.24. The van der Waals surface area contributed by atoms with E-state index in [2.05, 4.69) is 20.4 Å². The number of nitrogen functional groups attached to an aromatic ring is 1. The van der Waals surface area contributed by atoms with Crippen LogP contribution >= 0.6 is 0 Å². The number of sulfonamides is 1. The fraction of sp³-hybridized carbons (Fsp3) is 0.500. The van der Waals surface area contributed by atoms with Crippen molar-refractivity contribution in [1.82, 2.24) is 15.0 Å². The Labute approximate surface area is 124 Å². The van der Waals surface area contributed by atoms with Crippen LogP contribution in [0.2, 0.25) is 0 Å². The van der Waals surface area contributed by atoms with Crippen LogP contribution in [0.1, 0.15) is 27.7 Å². The summed E-state index contributed by atoms with van der Waals surface area (Å²) in [4.78, 5) is 15.7. The lowest BCUT2D eigenvalue weighted by atomic mass is 10.1. The van der Waals surface area contributed by atoms with Gasteiger partial charge in [0, 0.05) is 11.7 Å². The average Bonchev–Trinajstić information content (AvgIpc) is 2.36. The number of carbonyl (C=O) groups is 1. The lowest BCUT2D eigenvalue weighted by Crippen LogP contribution is -2.50. The van der Waals surface area contributed by atoms with Gasteiger partial charge < -0.3 is 10.7 Å². The largest absolute Gasteiger partial charge is 0.350 e. The van der Waals surface area contributed by atoms with Crippen molar-refractivity contribution >= 4 is 21.7 Å². The molecule has 9 heteroatoms. The Kier molecular flexibility index (Phi) is 5.26. The monoisotopic (exact) mass is 315 g/mol. The number of hydrogen-bond donors (Lipinski definition) is 4. The summed E-state index contributed by atoms with van der Waals surface area (Å²) in [5.41, 5.74) is 1.86. The number of nitrogens with two attached hydrogens (primary N) is 1. The normalized spacial score (nSPS) is 13.6. The third-order valence-electron chi connectivity index (χ3n) is 2.42. The second-order valence-electron chi connectivity index (χ2n) is 5.61. The third-order valence-corrected chi connectivity index (χ3v) is 3.94. The van der Waals surface area contributed by atoms with Crippen LogP contribution in [0.15, 0.2) is 23.2 Å². The minimum Gasteiger partial charge on any atom is -0.350 e. The SMILES string of the molecule is CC(NS(=O)(=O)c1ccc(NN)nc1)C(=O)NC(C)(C)C. The first kappa shape index (κ1) is 17.3. The number of rotatable bonds is 5. The molecule has 1 rings (SSSR count). The molecule has 1 aromatic heterocycles. The number of aromatic nitrogens is 1. The number of anilines is 1. The first-order valence-electron chi connectivity index (χ1n) is 6.32. The molecule has 0 aliphatic heterocycles. The van der Waals surface area contributed by atoms with Crippen LogP contribution in [0, 0.1) is 0 Å². The second kappa shape index (κ2) is 6.37. The molecule has 21 heavy (non-hydrogen) atoms. The van der Waals surface area contributed by atoms with Crippen LogP contribution in [0.5, 0.6) is 0 Å². The van der Waals surface area contributed by atoms with Gasteiger partial charge in [0.15, 0.2) is 0 Å². The summed E-state index contributed by atoms with van der Waals surface area (Å²) in [6.07, 6.45) is 1.16. The van der Waals surface area contributed by atoms with Crippen molar-refractivity contribution in [3.05, 3.63) is 18.3 Å².